The minimum atomic E-state index is 0.0753. The number of phenols is 1. The number of rotatable bonds is 3. The van der Waals surface area contributed by atoms with Gasteiger partial charge in [0.05, 0.1) is 6.10 Å². The van der Waals surface area contributed by atoms with E-state index in [1.54, 1.807) is 19.2 Å². The van der Waals surface area contributed by atoms with Gasteiger partial charge in [0, 0.05) is 18.8 Å². The van der Waals surface area contributed by atoms with Crippen molar-refractivity contribution in [3.8, 4) is 11.5 Å². The highest BCUT2D eigenvalue weighted by atomic mass is 16.5. The largest absolute Gasteiger partial charge is 0.504 e. The van der Waals surface area contributed by atoms with Gasteiger partial charge < -0.3 is 15.2 Å². The number of hydrogen-bond acceptors (Lipinski definition) is 3. The van der Waals surface area contributed by atoms with E-state index in [-0.39, 0.29) is 11.9 Å². The van der Waals surface area contributed by atoms with Crippen LogP contribution in [-0.4, -0.2) is 18.3 Å². The summed E-state index contributed by atoms with van der Waals surface area (Å²) in [7, 11) is 1.80. The summed E-state index contributed by atoms with van der Waals surface area (Å²) < 4.78 is 5.37. The molecule has 1 aromatic rings. The Morgan fingerprint density at radius 2 is 2.08 bits per heavy atom. The van der Waals surface area contributed by atoms with Gasteiger partial charge in [-0.3, -0.25) is 0 Å². The van der Waals surface area contributed by atoms with Gasteiger partial charge in [-0.25, -0.2) is 0 Å². The zero-order valence-electron chi connectivity index (χ0n) is 8.16. The van der Waals surface area contributed by atoms with E-state index in [9.17, 15) is 5.11 Å². The van der Waals surface area contributed by atoms with Crippen LogP contribution in [0.25, 0.3) is 0 Å². The lowest BCUT2D eigenvalue weighted by Crippen LogP contribution is -2.05. The third-order valence-electron chi connectivity index (χ3n) is 1.61. The molecule has 0 spiro atoms. The van der Waals surface area contributed by atoms with Crippen LogP contribution in [-0.2, 0) is 0 Å². The maximum absolute atomic E-state index is 9.51. The van der Waals surface area contributed by atoms with E-state index in [4.69, 9.17) is 4.74 Å². The van der Waals surface area contributed by atoms with Gasteiger partial charge >= 0.3 is 0 Å². The Kier molecular flexibility index (Phi) is 3.01. The number of anilines is 1. The van der Waals surface area contributed by atoms with Crippen molar-refractivity contribution in [3.63, 3.8) is 0 Å². The third-order valence-corrected chi connectivity index (χ3v) is 1.61. The minimum Gasteiger partial charge on any atom is -0.504 e. The van der Waals surface area contributed by atoms with Crippen LogP contribution < -0.4 is 10.1 Å². The molecular weight excluding hydrogens is 166 g/mol. The summed E-state index contributed by atoms with van der Waals surface area (Å²) in [6, 6.07) is 5.25. The Labute approximate surface area is 78.3 Å². The molecule has 0 heterocycles. The van der Waals surface area contributed by atoms with Crippen LogP contribution >= 0.6 is 0 Å². The lowest BCUT2D eigenvalue weighted by atomic mass is 10.3. The topological polar surface area (TPSA) is 41.5 Å². The second-order valence-electron chi connectivity index (χ2n) is 3.10. The van der Waals surface area contributed by atoms with Crippen LogP contribution in [0.5, 0.6) is 11.5 Å². The summed E-state index contributed by atoms with van der Waals surface area (Å²) in [4.78, 5) is 0. The second kappa shape index (κ2) is 4.03. The number of aromatic hydroxyl groups is 1. The molecule has 0 fully saturated rings. The molecule has 13 heavy (non-hydrogen) atoms. The van der Waals surface area contributed by atoms with Crippen molar-refractivity contribution < 1.29 is 9.84 Å². The van der Waals surface area contributed by atoms with E-state index < -0.39 is 0 Å². The zero-order chi connectivity index (χ0) is 9.84. The number of phenolic OH excluding ortho intramolecular Hbond substituents is 1. The predicted molar refractivity (Wildman–Crippen MR) is 53.4 cm³/mol. The first kappa shape index (κ1) is 9.71. The number of hydrogen-bond donors (Lipinski definition) is 2. The van der Waals surface area contributed by atoms with Gasteiger partial charge in [0.15, 0.2) is 11.5 Å². The summed E-state index contributed by atoms with van der Waals surface area (Å²) in [5.41, 5.74) is 0.869. The monoisotopic (exact) mass is 181 g/mol. The molecule has 0 aliphatic heterocycles. The van der Waals surface area contributed by atoms with Crippen LogP contribution in [0.15, 0.2) is 18.2 Å². The SMILES string of the molecule is CNc1ccc(OC(C)C)c(O)c1. The average Bonchev–Trinajstić information content (AvgIpc) is 2.08. The fourth-order valence-corrected chi connectivity index (χ4v) is 1.03. The number of ether oxygens (including phenoxy) is 1. The Morgan fingerprint density at radius 1 is 1.38 bits per heavy atom. The van der Waals surface area contributed by atoms with Gasteiger partial charge in [-0.2, -0.15) is 0 Å². The molecule has 0 radical (unpaired) electrons. The van der Waals surface area contributed by atoms with Crippen molar-refractivity contribution in [1.82, 2.24) is 0 Å². The molecule has 1 aromatic carbocycles. The molecule has 0 aliphatic carbocycles. The Balaban J connectivity index is 2.85. The molecule has 0 atom stereocenters. The van der Waals surface area contributed by atoms with E-state index in [2.05, 4.69) is 5.32 Å². The van der Waals surface area contributed by atoms with Gasteiger partial charge in [-0.1, -0.05) is 0 Å². The van der Waals surface area contributed by atoms with E-state index in [1.807, 2.05) is 19.9 Å². The highest BCUT2D eigenvalue weighted by molar-refractivity contribution is 5.53. The van der Waals surface area contributed by atoms with Gasteiger partial charge in [0.2, 0.25) is 0 Å². The molecule has 2 N–H and O–H groups in total. The lowest BCUT2D eigenvalue weighted by Gasteiger charge is -2.11. The maximum Gasteiger partial charge on any atom is 0.161 e. The molecule has 3 heteroatoms. The van der Waals surface area contributed by atoms with Crippen molar-refractivity contribution in [2.75, 3.05) is 12.4 Å². The van der Waals surface area contributed by atoms with Gasteiger partial charge in [-0.05, 0) is 26.0 Å². The summed E-state index contributed by atoms with van der Waals surface area (Å²) in [5.74, 6) is 0.689. The Hall–Kier alpha value is -1.38. The zero-order valence-corrected chi connectivity index (χ0v) is 8.16. The molecule has 1 rings (SSSR count). The third kappa shape index (κ3) is 2.54. The summed E-state index contributed by atoms with van der Waals surface area (Å²) in [6.07, 6.45) is 0.0753. The summed E-state index contributed by atoms with van der Waals surface area (Å²) >= 11 is 0. The van der Waals surface area contributed by atoms with Crippen LogP contribution in [0.4, 0.5) is 5.69 Å². The highest BCUT2D eigenvalue weighted by Crippen LogP contribution is 2.29. The standard InChI is InChI=1S/C10H15NO2/c1-7(2)13-10-5-4-8(11-3)6-9(10)12/h4-7,11-12H,1-3H3. The molecule has 0 amide bonds. The summed E-state index contributed by atoms with van der Waals surface area (Å²) in [6.45, 7) is 3.84. The highest BCUT2D eigenvalue weighted by Gasteiger charge is 2.04. The van der Waals surface area contributed by atoms with E-state index in [0.717, 1.165) is 5.69 Å². The van der Waals surface area contributed by atoms with Crippen molar-refractivity contribution in [3.05, 3.63) is 18.2 Å². The maximum atomic E-state index is 9.51. The quantitative estimate of drug-likeness (QED) is 0.751. The van der Waals surface area contributed by atoms with Crippen molar-refractivity contribution in [1.29, 1.82) is 0 Å². The lowest BCUT2D eigenvalue weighted by molar-refractivity contribution is 0.232. The summed E-state index contributed by atoms with van der Waals surface area (Å²) in [5, 5.41) is 12.4. The Bertz CT molecular complexity index is 284. The van der Waals surface area contributed by atoms with Crippen LogP contribution in [0.1, 0.15) is 13.8 Å². The molecule has 0 unspecified atom stereocenters. The minimum absolute atomic E-state index is 0.0753. The molecule has 0 aromatic heterocycles. The first-order chi connectivity index (χ1) is 6.13. The Morgan fingerprint density at radius 3 is 2.54 bits per heavy atom. The second-order valence-corrected chi connectivity index (χ2v) is 3.10. The molecule has 0 aliphatic rings. The van der Waals surface area contributed by atoms with Gasteiger partial charge in [0.1, 0.15) is 0 Å². The van der Waals surface area contributed by atoms with Gasteiger partial charge in [0.25, 0.3) is 0 Å². The van der Waals surface area contributed by atoms with Gasteiger partial charge in [-0.15, -0.1) is 0 Å². The van der Waals surface area contributed by atoms with E-state index >= 15 is 0 Å². The molecular formula is C10H15NO2. The van der Waals surface area contributed by atoms with Crippen molar-refractivity contribution in [2.24, 2.45) is 0 Å². The van der Waals surface area contributed by atoms with E-state index in [0.29, 0.717) is 5.75 Å². The molecule has 3 nitrogen and oxygen atoms in total. The predicted octanol–water partition coefficient (Wildman–Crippen LogP) is 2.22. The van der Waals surface area contributed by atoms with Crippen molar-refractivity contribution in [2.45, 2.75) is 20.0 Å². The van der Waals surface area contributed by atoms with Crippen LogP contribution in [0, 0.1) is 0 Å². The number of nitrogens with one attached hydrogen (secondary N) is 1. The number of benzene rings is 1. The average molecular weight is 181 g/mol. The molecule has 0 bridgehead atoms. The fraction of sp³-hybridized carbons (Fsp3) is 0.400. The smallest absolute Gasteiger partial charge is 0.161 e. The first-order valence-electron chi connectivity index (χ1n) is 4.31. The van der Waals surface area contributed by atoms with Crippen LogP contribution in [0.3, 0.4) is 0 Å². The molecule has 0 saturated heterocycles. The van der Waals surface area contributed by atoms with Crippen LogP contribution in [0.2, 0.25) is 0 Å². The first-order valence-corrected chi connectivity index (χ1v) is 4.31. The fourth-order valence-electron chi connectivity index (χ4n) is 1.03. The van der Waals surface area contributed by atoms with E-state index in [1.165, 1.54) is 0 Å². The molecule has 0 saturated carbocycles. The normalized spacial score (nSPS) is 10.2. The molecule has 72 valence electrons. The van der Waals surface area contributed by atoms with Crippen molar-refractivity contribution >= 4 is 5.69 Å².